The lowest BCUT2D eigenvalue weighted by Gasteiger charge is -2.27. The average molecular weight is 485 g/mol. The highest BCUT2D eigenvalue weighted by Crippen LogP contribution is 2.31. The lowest BCUT2D eigenvalue weighted by atomic mass is 10.0. The highest BCUT2D eigenvalue weighted by molar-refractivity contribution is 6.39. The van der Waals surface area contributed by atoms with E-state index >= 15 is 0 Å². The third kappa shape index (κ3) is 5.00. The summed E-state index contributed by atoms with van der Waals surface area (Å²) in [4.78, 5) is 39.3. The van der Waals surface area contributed by atoms with Gasteiger partial charge in [-0.15, -0.1) is 0 Å². The Morgan fingerprint density at radius 3 is 2.31 bits per heavy atom. The third-order valence-electron chi connectivity index (χ3n) is 6.16. The molecule has 1 aliphatic heterocycles. The number of barbiturate groups is 1. The van der Waals surface area contributed by atoms with Crippen molar-refractivity contribution < 1.29 is 23.9 Å². The number of aryl methyl sites for hydroxylation is 4. The summed E-state index contributed by atoms with van der Waals surface area (Å²) in [7, 11) is 1.52. The number of nitrogens with zero attached hydrogens (tertiary/aromatic N) is 1. The van der Waals surface area contributed by atoms with Crippen LogP contribution < -0.4 is 19.7 Å². The van der Waals surface area contributed by atoms with E-state index in [9.17, 15) is 14.4 Å². The van der Waals surface area contributed by atoms with Crippen molar-refractivity contribution in [3.05, 3.63) is 93.6 Å². The van der Waals surface area contributed by atoms with Crippen LogP contribution in [0.3, 0.4) is 0 Å². The van der Waals surface area contributed by atoms with Gasteiger partial charge in [0.15, 0.2) is 11.5 Å². The van der Waals surface area contributed by atoms with Crippen LogP contribution in [0.2, 0.25) is 0 Å². The number of rotatable bonds is 6. The van der Waals surface area contributed by atoms with E-state index in [1.807, 2.05) is 32.0 Å². The van der Waals surface area contributed by atoms with Gasteiger partial charge in [-0.1, -0.05) is 42.0 Å². The van der Waals surface area contributed by atoms with E-state index in [1.165, 1.54) is 24.3 Å². The van der Waals surface area contributed by atoms with Crippen molar-refractivity contribution in [3.63, 3.8) is 0 Å². The minimum atomic E-state index is -0.776. The molecule has 1 aliphatic rings. The first-order valence-electron chi connectivity index (χ1n) is 11.5. The lowest BCUT2D eigenvalue weighted by Crippen LogP contribution is -2.54. The number of nitrogens with one attached hydrogen (secondary N) is 1. The molecule has 0 aliphatic carbocycles. The molecule has 3 aromatic rings. The number of amides is 4. The summed E-state index contributed by atoms with van der Waals surface area (Å²) in [6, 6.07) is 15.9. The maximum absolute atomic E-state index is 13.2. The van der Waals surface area contributed by atoms with Gasteiger partial charge in [0.05, 0.1) is 12.8 Å². The van der Waals surface area contributed by atoms with E-state index in [0.29, 0.717) is 29.4 Å². The van der Waals surface area contributed by atoms with Crippen molar-refractivity contribution in [1.29, 1.82) is 0 Å². The predicted octanol–water partition coefficient (Wildman–Crippen LogP) is 5.17. The van der Waals surface area contributed by atoms with Crippen LogP contribution in [-0.4, -0.2) is 25.0 Å². The zero-order chi connectivity index (χ0) is 26.0. The second-order valence-electron chi connectivity index (χ2n) is 8.87. The fraction of sp³-hybridized carbons (Fsp3) is 0.207. The van der Waals surface area contributed by atoms with Crippen LogP contribution in [-0.2, 0) is 16.2 Å². The first kappa shape index (κ1) is 24.7. The van der Waals surface area contributed by atoms with Crippen molar-refractivity contribution in [2.75, 3.05) is 12.0 Å². The maximum atomic E-state index is 13.2. The van der Waals surface area contributed by atoms with Gasteiger partial charge in [-0.2, -0.15) is 0 Å². The van der Waals surface area contributed by atoms with Crippen LogP contribution in [0.5, 0.6) is 11.5 Å². The molecule has 1 heterocycles. The molecule has 0 saturated carbocycles. The Balaban J connectivity index is 1.60. The average Bonchev–Trinajstić information content (AvgIpc) is 2.84. The minimum Gasteiger partial charge on any atom is -0.493 e. The summed E-state index contributed by atoms with van der Waals surface area (Å²) in [5.41, 5.74) is 6.01. The number of carbonyl (C=O) groups is 3. The van der Waals surface area contributed by atoms with Crippen molar-refractivity contribution in [2.24, 2.45) is 0 Å². The van der Waals surface area contributed by atoms with E-state index in [0.717, 1.165) is 21.6 Å². The molecule has 0 aromatic heterocycles. The Morgan fingerprint density at radius 1 is 0.833 bits per heavy atom. The van der Waals surface area contributed by atoms with Gasteiger partial charge < -0.3 is 9.47 Å². The normalized spacial score (nSPS) is 14.8. The van der Waals surface area contributed by atoms with Gasteiger partial charge in [0.2, 0.25) is 0 Å². The molecule has 1 saturated heterocycles. The van der Waals surface area contributed by atoms with Crippen LogP contribution in [0.15, 0.2) is 60.2 Å². The molecule has 0 spiro atoms. The predicted molar refractivity (Wildman–Crippen MR) is 138 cm³/mol. The van der Waals surface area contributed by atoms with E-state index in [1.54, 1.807) is 24.3 Å². The number of hydrogen-bond acceptors (Lipinski definition) is 5. The number of methoxy groups -OCH3 is 1. The van der Waals surface area contributed by atoms with Gasteiger partial charge in [-0.25, -0.2) is 9.69 Å². The molecule has 7 heteroatoms. The molecule has 0 unspecified atom stereocenters. The molecular weight excluding hydrogens is 456 g/mol. The monoisotopic (exact) mass is 484 g/mol. The molecule has 0 atom stereocenters. The topological polar surface area (TPSA) is 84.9 Å². The number of hydrogen-bond donors (Lipinski definition) is 1. The van der Waals surface area contributed by atoms with Crippen LogP contribution in [0.4, 0.5) is 10.5 Å². The summed E-state index contributed by atoms with van der Waals surface area (Å²) in [5, 5.41) is 2.26. The fourth-order valence-electron chi connectivity index (χ4n) is 4.05. The molecule has 4 rings (SSSR count). The summed E-state index contributed by atoms with van der Waals surface area (Å²) >= 11 is 0. The van der Waals surface area contributed by atoms with Gasteiger partial charge >= 0.3 is 6.03 Å². The van der Waals surface area contributed by atoms with Crippen LogP contribution >= 0.6 is 0 Å². The molecule has 1 N–H and O–H groups in total. The fourth-order valence-corrected chi connectivity index (χ4v) is 4.05. The summed E-state index contributed by atoms with van der Waals surface area (Å²) < 4.78 is 11.5. The van der Waals surface area contributed by atoms with E-state index in [-0.39, 0.29) is 5.57 Å². The molecular formula is C29H28N2O5. The van der Waals surface area contributed by atoms with Gasteiger partial charge in [-0.05, 0) is 79.8 Å². The van der Waals surface area contributed by atoms with Crippen molar-refractivity contribution >= 4 is 29.6 Å². The molecule has 0 bridgehead atoms. The minimum absolute atomic E-state index is 0.152. The Hall–Kier alpha value is -4.39. The molecule has 7 nitrogen and oxygen atoms in total. The number of imide groups is 2. The number of anilines is 1. The molecule has 4 amide bonds. The van der Waals surface area contributed by atoms with Gasteiger partial charge in [0.1, 0.15) is 12.2 Å². The lowest BCUT2D eigenvalue weighted by molar-refractivity contribution is -0.122. The SMILES string of the molecule is COc1cc(/C=C2\C(=O)NC(=O)N(c3ccc(C)cc3C)C2=O)ccc1OCc1ccc(C)c(C)c1. The quantitative estimate of drug-likeness (QED) is 0.385. The summed E-state index contributed by atoms with van der Waals surface area (Å²) in [5.74, 6) is -0.451. The highest BCUT2D eigenvalue weighted by atomic mass is 16.5. The highest BCUT2D eigenvalue weighted by Gasteiger charge is 2.37. The first-order valence-corrected chi connectivity index (χ1v) is 11.5. The Labute approximate surface area is 210 Å². The molecule has 3 aromatic carbocycles. The largest absolute Gasteiger partial charge is 0.493 e. The van der Waals surface area contributed by atoms with Crippen LogP contribution in [0.1, 0.15) is 33.4 Å². The van der Waals surface area contributed by atoms with E-state index in [2.05, 4.69) is 31.3 Å². The number of carbonyl (C=O) groups excluding carboxylic acids is 3. The Kier molecular flexibility index (Phi) is 6.92. The molecule has 184 valence electrons. The molecule has 36 heavy (non-hydrogen) atoms. The number of urea groups is 1. The maximum Gasteiger partial charge on any atom is 0.335 e. The zero-order valence-corrected chi connectivity index (χ0v) is 21.0. The van der Waals surface area contributed by atoms with Gasteiger partial charge in [0, 0.05) is 0 Å². The number of benzene rings is 3. The summed E-state index contributed by atoms with van der Waals surface area (Å²) in [6.07, 6.45) is 1.44. The van der Waals surface area contributed by atoms with E-state index in [4.69, 9.17) is 9.47 Å². The molecule has 0 radical (unpaired) electrons. The third-order valence-corrected chi connectivity index (χ3v) is 6.16. The Bertz CT molecular complexity index is 1410. The van der Waals surface area contributed by atoms with Crippen molar-refractivity contribution in [2.45, 2.75) is 34.3 Å². The summed E-state index contributed by atoms with van der Waals surface area (Å²) in [6.45, 7) is 8.21. The van der Waals surface area contributed by atoms with Crippen molar-refractivity contribution in [3.8, 4) is 11.5 Å². The van der Waals surface area contributed by atoms with Gasteiger partial charge in [-0.3, -0.25) is 14.9 Å². The Morgan fingerprint density at radius 2 is 1.61 bits per heavy atom. The second-order valence-corrected chi connectivity index (χ2v) is 8.87. The van der Waals surface area contributed by atoms with Crippen LogP contribution in [0, 0.1) is 27.7 Å². The number of ether oxygens (including phenoxy) is 2. The van der Waals surface area contributed by atoms with Crippen molar-refractivity contribution in [1.82, 2.24) is 5.32 Å². The zero-order valence-electron chi connectivity index (χ0n) is 21.0. The van der Waals surface area contributed by atoms with E-state index < -0.39 is 17.8 Å². The van der Waals surface area contributed by atoms with Crippen LogP contribution in [0.25, 0.3) is 6.08 Å². The standard InChI is InChI=1S/C29H28N2O5/c1-17-6-10-24(20(4)12-17)31-28(33)23(27(32)30-29(31)34)14-21-9-11-25(26(15-21)35-5)36-16-22-8-7-18(2)19(3)13-22/h6-15H,16H2,1-5H3,(H,30,32,34)/b23-14+. The first-order chi connectivity index (χ1) is 17.2. The van der Waals surface area contributed by atoms with Gasteiger partial charge in [0.25, 0.3) is 11.8 Å². The molecule has 1 fully saturated rings. The smallest absolute Gasteiger partial charge is 0.335 e. The second kappa shape index (κ2) is 10.1.